The fourth-order valence-corrected chi connectivity index (χ4v) is 2.52. The van der Waals surface area contributed by atoms with Crippen molar-refractivity contribution in [2.24, 2.45) is 0 Å². The first-order valence-electron chi connectivity index (χ1n) is 7.07. The van der Waals surface area contributed by atoms with Gasteiger partial charge in [-0.05, 0) is 17.7 Å². The van der Waals surface area contributed by atoms with E-state index in [9.17, 15) is 4.79 Å². The van der Waals surface area contributed by atoms with Crippen molar-refractivity contribution in [2.75, 3.05) is 34.2 Å². The molecule has 0 fully saturated rings. The lowest BCUT2D eigenvalue weighted by Gasteiger charge is -2.26. The summed E-state index contributed by atoms with van der Waals surface area (Å²) < 4.78 is 0.895. The van der Waals surface area contributed by atoms with Crippen LogP contribution in [-0.4, -0.2) is 49.5 Å². The second-order valence-corrected chi connectivity index (χ2v) is 6.81. The van der Waals surface area contributed by atoms with Gasteiger partial charge >= 0.3 is 0 Å². The third kappa shape index (κ3) is 4.83. The highest BCUT2D eigenvalue weighted by Gasteiger charge is 2.26. The smallest absolute Gasteiger partial charge is 0.251 e. The molecule has 0 saturated heterocycles. The lowest BCUT2D eigenvalue weighted by molar-refractivity contribution is -0.870. The molecule has 0 N–H and O–H groups in total. The number of allylic oxidation sites excluding steroid dienone is 1. The molecular weight excluding hydrogens is 411 g/mol. The average Bonchev–Trinajstić information content (AvgIpc) is 2.66. The molecule has 0 atom stereocenters. The Labute approximate surface area is 154 Å². The Morgan fingerprint density at radius 1 is 1.18 bits per heavy atom. The summed E-state index contributed by atoms with van der Waals surface area (Å²) in [5.74, 6) is 0.0198. The minimum absolute atomic E-state index is 0. The van der Waals surface area contributed by atoms with Crippen molar-refractivity contribution in [1.29, 1.82) is 0 Å². The summed E-state index contributed by atoms with van der Waals surface area (Å²) >= 11 is 5.90. The molecule has 5 heteroatoms. The Morgan fingerprint density at radius 2 is 1.77 bits per heavy atom. The zero-order valence-electron chi connectivity index (χ0n) is 13.3. The van der Waals surface area contributed by atoms with Crippen LogP contribution in [-0.2, 0) is 4.79 Å². The summed E-state index contributed by atoms with van der Waals surface area (Å²) in [6.45, 7) is 5.81. The Morgan fingerprint density at radius 3 is 2.32 bits per heavy atom. The van der Waals surface area contributed by atoms with Crippen molar-refractivity contribution >= 4 is 23.1 Å². The Balaban J connectivity index is 0.00000242. The number of nitrogens with zero attached hydrogens (tertiary/aromatic N) is 2. The van der Waals surface area contributed by atoms with Gasteiger partial charge in [-0.2, -0.15) is 0 Å². The van der Waals surface area contributed by atoms with E-state index in [0.717, 1.165) is 34.3 Å². The standard InChI is InChI=1S/C17H22ClN2O.HI/c1-13-16(14-6-8-15(18)9-7-14)12-17(21)19(13)10-5-11-20(2,3)4;/h6-9,12H,1,5,10-11H2,2-4H3;1H/q+1;/p-1. The molecule has 1 heterocycles. The highest BCUT2D eigenvalue weighted by atomic mass is 127. The van der Waals surface area contributed by atoms with Crippen molar-refractivity contribution in [3.8, 4) is 0 Å². The van der Waals surface area contributed by atoms with Crippen molar-refractivity contribution in [2.45, 2.75) is 6.42 Å². The first-order chi connectivity index (χ1) is 9.78. The predicted octanol–water partition coefficient (Wildman–Crippen LogP) is 0.180. The van der Waals surface area contributed by atoms with E-state index in [0.29, 0.717) is 11.6 Å². The van der Waals surface area contributed by atoms with E-state index >= 15 is 0 Å². The molecular formula is C17H22ClIN2O. The summed E-state index contributed by atoms with van der Waals surface area (Å²) in [5.41, 5.74) is 2.65. The molecule has 0 radical (unpaired) electrons. The Hall–Kier alpha value is -0.850. The van der Waals surface area contributed by atoms with Crippen LogP contribution in [0.25, 0.3) is 5.57 Å². The van der Waals surface area contributed by atoms with Gasteiger partial charge in [0.25, 0.3) is 5.91 Å². The van der Waals surface area contributed by atoms with Gasteiger partial charge in [-0.3, -0.25) is 4.79 Å². The van der Waals surface area contributed by atoms with Crippen LogP contribution in [0.3, 0.4) is 0 Å². The van der Waals surface area contributed by atoms with Crippen LogP contribution in [0.4, 0.5) is 0 Å². The lowest BCUT2D eigenvalue weighted by Crippen LogP contribution is -3.00. The van der Waals surface area contributed by atoms with E-state index < -0.39 is 0 Å². The fraction of sp³-hybridized carbons (Fsp3) is 0.353. The molecule has 1 aliphatic heterocycles. The van der Waals surface area contributed by atoms with Gasteiger partial charge in [0.2, 0.25) is 0 Å². The first kappa shape index (κ1) is 19.2. The van der Waals surface area contributed by atoms with Gasteiger partial charge in [0.05, 0.1) is 27.7 Å². The largest absolute Gasteiger partial charge is 1.00 e. The van der Waals surface area contributed by atoms with E-state index in [-0.39, 0.29) is 29.9 Å². The fourth-order valence-electron chi connectivity index (χ4n) is 2.39. The number of hydrogen-bond donors (Lipinski definition) is 0. The van der Waals surface area contributed by atoms with Crippen LogP contribution in [0.1, 0.15) is 12.0 Å². The number of rotatable bonds is 5. The summed E-state index contributed by atoms with van der Waals surface area (Å²) in [5, 5.41) is 0.689. The van der Waals surface area contributed by atoms with Gasteiger partial charge in [0.15, 0.2) is 0 Å². The molecule has 2 rings (SSSR count). The van der Waals surface area contributed by atoms with Crippen LogP contribution >= 0.6 is 11.6 Å². The monoisotopic (exact) mass is 432 g/mol. The molecule has 0 unspecified atom stereocenters. The molecule has 3 nitrogen and oxygen atoms in total. The van der Waals surface area contributed by atoms with Crippen molar-refractivity contribution in [1.82, 2.24) is 4.90 Å². The molecule has 22 heavy (non-hydrogen) atoms. The molecule has 0 saturated carbocycles. The zero-order chi connectivity index (χ0) is 15.6. The van der Waals surface area contributed by atoms with E-state index in [1.807, 2.05) is 24.3 Å². The summed E-state index contributed by atoms with van der Waals surface area (Å²) in [4.78, 5) is 13.9. The van der Waals surface area contributed by atoms with E-state index in [4.69, 9.17) is 11.6 Å². The first-order valence-corrected chi connectivity index (χ1v) is 7.44. The van der Waals surface area contributed by atoms with E-state index in [1.54, 1.807) is 11.0 Å². The molecule has 1 aromatic rings. The Kier molecular flexibility index (Phi) is 6.65. The average molecular weight is 433 g/mol. The highest BCUT2D eigenvalue weighted by molar-refractivity contribution is 6.30. The third-order valence-corrected chi connectivity index (χ3v) is 3.79. The van der Waals surface area contributed by atoms with Crippen molar-refractivity contribution < 1.29 is 33.3 Å². The number of halogens is 2. The number of carbonyl (C=O) groups is 1. The summed E-state index contributed by atoms with van der Waals surface area (Å²) in [7, 11) is 6.45. The molecule has 0 bridgehead atoms. The maximum atomic E-state index is 12.1. The lowest BCUT2D eigenvalue weighted by atomic mass is 10.1. The van der Waals surface area contributed by atoms with Crippen molar-refractivity contribution in [3.05, 3.63) is 53.2 Å². The number of carbonyl (C=O) groups excluding carboxylic acids is 1. The number of amides is 1. The zero-order valence-corrected chi connectivity index (χ0v) is 16.2. The molecule has 1 amide bonds. The van der Waals surface area contributed by atoms with Gasteiger partial charge in [0.1, 0.15) is 0 Å². The normalized spacial score (nSPS) is 14.9. The maximum absolute atomic E-state index is 12.1. The molecule has 1 aliphatic rings. The molecule has 0 aliphatic carbocycles. The second kappa shape index (κ2) is 7.62. The minimum atomic E-state index is 0. The SMILES string of the molecule is C=C1C(c2ccc(Cl)cc2)=CC(=O)N1CCC[N+](C)(C)C.[I-]. The topological polar surface area (TPSA) is 20.3 Å². The van der Waals surface area contributed by atoms with Crippen LogP contribution in [0, 0.1) is 0 Å². The van der Waals surface area contributed by atoms with Crippen LogP contribution in [0.15, 0.2) is 42.6 Å². The third-order valence-electron chi connectivity index (χ3n) is 3.54. The van der Waals surface area contributed by atoms with Crippen LogP contribution < -0.4 is 24.0 Å². The van der Waals surface area contributed by atoms with Gasteiger partial charge in [-0.25, -0.2) is 0 Å². The molecule has 1 aromatic carbocycles. The minimum Gasteiger partial charge on any atom is -1.00 e. The molecule has 0 spiro atoms. The Bertz CT molecular complexity index is 588. The molecule has 120 valence electrons. The number of hydrogen-bond acceptors (Lipinski definition) is 1. The predicted molar refractivity (Wildman–Crippen MR) is 87.8 cm³/mol. The van der Waals surface area contributed by atoms with Gasteiger partial charge in [0, 0.05) is 35.3 Å². The number of quaternary nitrogens is 1. The van der Waals surface area contributed by atoms with Crippen LogP contribution in [0.5, 0.6) is 0 Å². The summed E-state index contributed by atoms with van der Waals surface area (Å²) in [6, 6.07) is 7.49. The van der Waals surface area contributed by atoms with Crippen molar-refractivity contribution in [3.63, 3.8) is 0 Å². The number of benzene rings is 1. The summed E-state index contributed by atoms with van der Waals surface area (Å²) in [6.07, 6.45) is 2.62. The second-order valence-electron chi connectivity index (χ2n) is 6.37. The van der Waals surface area contributed by atoms with E-state index in [2.05, 4.69) is 27.7 Å². The van der Waals surface area contributed by atoms with E-state index in [1.165, 1.54) is 0 Å². The van der Waals surface area contributed by atoms with Gasteiger partial charge < -0.3 is 33.4 Å². The van der Waals surface area contributed by atoms with Gasteiger partial charge in [-0.1, -0.05) is 30.3 Å². The maximum Gasteiger partial charge on any atom is 0.251 e. The van der Waals surface area contributed by atoms with Crippen LogP contribution in [0.2, 0.25) is 5.02 Å². The quantitative estimate of drug-likeness (QED) is 0.480. The van der Waals surface area contributed by atoms with Gasteiger partial charge in [-0.15, -0.1) is 0 Å². The molecule has 0 aromatic heterocycles. The highest BCUT2D eigenvalue weighted by Crippen LogP contribution is 2.31.